The van der Waals surface area contributed by atoms with Crippen molar-refractivity contribution in [3.05, 3.63) is 161 Å². The molecule has 15 amide bonds. The van der Waals surface area contributed by atoms with Crippen LogP contribution < -0.4 is 70.0 Å². The largest absolute Gasteiger partial charge is 0.481 e. The average molecular weight is 1930 g/mol. The first-order chi connectivity index (χ1) is 64.9. The first-order valence-corrected chi connectivity index (χ1v) is 48.1. The third-order valence-corrected chi connectivity index (χ3v) is 26.3. The molecule has 0 saturated carbocycles. The lowest BCUT2D eigenvalue weighted by molar-refractivity contribution is -0.143. The monoisotopic (exact) mass is 1930 g/mol. The number of fused-ring (bicyclic) bond motifs is 11. The molecule has 45 heteroatoms. The van der Waals surface area contributed by atoms with Gasteiger partial charge in [0.25, 0.3) is 0 Å². The van der Waals surface area contributed by atoms with Crippen molar-refractivity contribution >= 4 is 158 Å². The maximum absolute atomic E-state index is 15.7. The molecule has 136 heavy (non-hydrogen) atoms. The smallest absolute Gasteiger partial charge is 0.305 e. The summed E-state index contributed by atoms with van der Waals surface area (Å²) in [5.41, 5.74) is 16.2. The van der Waals surface area contributed by atoms with E-state index in [1.165, 1.54) is 26.5 Å². The Morgan fingerprint density at radius 2 is 0.949 bits per heavy atom. The van der Waals surface area contributed by atoms with Gasteiger partial charge in [0.15, 0.2) is 0 Å². The van der Waals surface area contributed by atoms with Gasteiger partial charge in [0.2, 0.25) is 88.6 Å². The molecule has 5 aromatic heterocycles. The highest BCUT2D eigenvalue weighted by Crippen LogP contribution is 2.27. The number of aromatic nitrogens is 5. The number of carbonyl (C=O) groups excluding carboxylic acids is 15. The lowest BCUT2D eigenvalue weighted by Crippen LogP contribution is -2.62. The summed E-state index contributed by atoms with van der Waals surface area (Å²) in [4.78, 5) is 274. The van der Waals surface area contributed by atoms with Gasteiger partial charge in [0.05, 0.1) is 122 Å². The number of hydrogen-bond donors (Lipinski definition) is 18. The fraction of sp³-hybridized carbons (Fsp3) is 0.473. The fourth-order valence-corrected chi connectivity index (χ4v) is 18.8. The number of rotatable bonds is 15. The number of aromatic amines is 2. The molecule has 4 aliphatic rings. The van der Waals surface area contributed by atoms with Crippen molar-refractivity contribution in [2.45, 2.75) is 204 Å². The highest BCUT2D eigenvalue weighted by molar-refractivity contribution is 8.00. The van der Waals surface area contributed by atoms with E-state index in [1.807, 2.05) is 0 Å². The van der Waals surface area contributed by atoms with Crippen molar-refractivity contribution in [3.8, 4) is 0 Å². The SMILES string of the molecule is CC(C)[C@@H]1NC(=O)[C@H](Cc2c[nH]c3ccccc23)NC(=O)[C@@H]2CSCC(=O)N3Cc4cccc(n4)CN(Cc4cccc(n4)CN(Cc4cccc(n4)C3)C(=O)CSC[C@H](NC(=O)[C@H](C)N)C(=O)N[C@@H]([C@@H](C)O)C(=O)N[C@@H](CCC(=O)O)C(=O)N2)C(=O)CSC[C@@H](C(N)=O)NC(=O)[C@@H]2CCCN2C(=O)[C@H](C(C)C)NC(=O)[C@H](Cc2c[nH]c3ccccc23)NC(=O)CNC[C@H](CC(=O)O)NC1=O. The number of aliphatic hydroxyl groups is 1. The van der Waals surface area contributed by atoms with Crippen LogP contribution >= 0.6 is 35.3 Å². The Balaban J connectivity index is 1.01. The number of carboxylic acid groups (broad SMARTS) is 2. The van der Waals surface area contributed by atoms with Gasteiger partial charge in [-0.1, -0.05) is 82.3 Å². The van der Waals surface area contributed by atoms with E-state index >= 15 is 33.6 Å². The van der Waals surface area contributed by atoms with Crippen molar-refractivity contribution < 1.29 is 96.8 Å². The number of H-pyrrole nitrogens is 2. The number of para-hydroxylation sites is 2. The molecule has 4 aliphatic heterocycles. The van der Waals surface area contributed by atoms with Crippen molar-refractivity contribution in [2.24, 2.45) is 23.3 Å². The molecule has 10 bridgehead atoms. The summed E-state index contributed by atoms with van der Waals surface area (Å²) < 4.78 is 0. The van der Waals surface area contributed by atoms with E-state index in [0.717, 1.165) is 42.2 Å². The summed E-state index contributed by atoms with van der Waals surface area (Å²) in [6, 6.07) is 10.5. The summed E-state index contributed by atoms with van der Waals surface area (Å²) in [7, 11) is 0. The van der Waals surface area contributed by atoms with Crippen LogP contribution in [0.25, 0.3) is 21.8 Å². The van der Waals surface area contributed by atoms with E-state index in [9.17, 15) is 63.3 Å². The quantitative estimate of drug-likeness (QED) is 0.0570. The van der Waals surface area contributed by atoms with Gasteiger partial charge in [0.1, 0.15) is 60.4 Å². The van der Waals surface area contributed by atoms with Crippen LogP contribution in [0.1, 0.15) is 119 Å². The third-order valence-electron chi connectivity index (χ3n) is 23.2. The zero-order chi connectivity index (χ0) is 98.1. The number of nitrogens with zero attached hydrogens (tertiary/aromatic N) is 7. The van der Waals surface area contributed by atoms with Gasteiger partial charge in [-0.05, 0) is 105 Å². The molecule has 7 aromatic rings. The Labute approximate surface area is 795 Å². The fourth-order valence-electron chi connectivity index (χ4n) is 16.0. The molecule has 1 fully saturated rings. The number of nitrogens with one attached hydrogen (secondary N) is 13. The third kappa shape index (κ3) is 29.2. The standard InChI is InChI=1S/C91H116N22O20S3/c1-48(2)78-89(131)100-60(31-77(121)122)34-94-35-72(115)101-66(29-52-32-95-63-23-9-7-21-61(52)63)84(126)108-79(49(3)4)91(133)113-28-14-25-71(113)88(130)104-68(81(93)123)42-134-45-73(116)110-36-54-15-11-17-56(97-54)38-111-39-57-19-13-20-59(99-57)41-112(40-58-18-12-16-55(37-110)98-58)75(118)47-136-44-70(105-82(124)50(5)92)87(129)109-80(51(6)114)90(132)102-65(26-27-76(119)120)83(125)106-69(43-135-46-74(111)117)86(128)103-67(85(127)107-78)30-53-33-96-64-24-10-8-22-62(53)64/h7-13,15-24,32-33,48-51,60,65-71,78-80,94-96,114H,14,25-31,34-47,92H2,1-6H3,(H2,93,123)(H,100,131)(H,101,115)(H,102,132)(H,103,128)(H,104,130)(H,105,124)(H,106,125)(H,107,127)(H,108,126)(H,109,129)(H,119,120)(H,121,122)/t50-,51+,60-,65-,66-,67-,68-,69-,70-,71-,78-,79-,80-/m0/s1. The lowest BCUT2D eigenvalue weighted by Gasteiger charge is -2.32. The second kappa shape index (κ2) is 48.9. The van der Waals surface area contributed by atoms with Crippen LogP contribution in [0.4, 0.5) is 0 Å². The molecule has 42 nitrogen and oxygen atoms in total. The minimum absolute atomic E-state index is 0.0530. The molecule has 2 aromatic carbocycles. The molecular formula is C91H116N22O20S3. The Hall–Kier alpha value is -13.1. The van der Waals surface area contributed by atoms with Gasteiger partial charge >= 0.3 is 11.9 Å². The molecule has 1 saturated heterocycles. The number of primary amides is 1. The number of aliphatic carboxylic acids is 2. The van der Waals surface area contributed by atoms with Crippen LogP contribution in [0, 0.1) is 11.8 Å². The van der Waals surface area contributed by atoms with Crippen LogP contribution in [0.2, 0.25) is 0 Å². The molecule has 11 rings (SSSR count). The number of hydrogen-bond acceptors (Lipinski definition) is 26. The molecule has 13 atom stereocenters. The Morgan fingerprint density at radius 3 is 1.43 bits per heavy atom. The lowest BCUT2D eigenvalue weighted by atomic mass is 9.99. The van der Waals surface area contributed by atoms with E-state index in [-0.39, 0.29) is 82.3 Å². The first kappa shape index (κ1) is 103. The van der Waals surface area contributed by atoms with Crippen molar-refractivity contribution in [1.29, 1.82) is 0 Å². The summed E-state index contributed by atoms with van der Waals surface area (Å²) in [5.74, 6) is -20.0. The number of thioether (sulfide) groups is 3. The number of benzene rings is 2. The second-order valence-corrected chi connectivity index (χ2v) is 37.7. The van der Waals surface area contributed by atoms with E-state index < -0.39 is 246 Å². The average Bonchev–Trinajstić information content (AvgIpc) is 1.69. The molecule has 0 radical (unpaired) electrons. The van der Waals surface area contributed by atoms with E-state index in [1.54, 1.807) is 143 Å². The van der Waals surface area contributed by atoms with Crippen molar-refractivity contribution in [1.82, 2.24) is 103 Å². The summed E-state index contributed by atoms with van der Waals surface area (Å²) in [6.07, 6.45) is -0.892. The minimum atomic E-state index is -1.99. The molecule has 0 aliphatic carbocycles. The Bertz CT molecular complexity index is 5560. The maximum atomic E-state index is 15.7. The van der Waals surface area contributed by atoms with Crippen LogP contribution in [0.3, 0.4) is 0 Å². The van der Waals surface area contributed by atoms with Crippen LogP contribution in [0.15, 0.2) is 116 Å². The molecule has 20 N–H and O–H groups in total. The molecular weight excluding hydrogens is 1820 g/mol. The van der Waals surface area contributed by atoms with Gasteiger partial charge in [0, 0.05) is 83.8 Å². The summed E-state index contributed by atoms with van der Waals surface area (Å²) in [6.45, 7) is 6.61. The molecule has 9 heterocycles. The minimum Gasteiger partial charge on any atom is -0.481 e. The number of pyridine rings is 3. The van der Waals surface area contributed by atoms with Crippen molar-refractivity contribution in [3.63, 3.8) is 0 Å². The number of aliphatic hydroxyl groups excluding tert-OH is 1. The Kier molecular flexibility index (Phi) is 37.2. The van der Waals surface area contributed by atoms with Gasteiger partial charge in [-0.15, -0.1) is 35.3 Å². The number of carbonyl (C=O) groups is 17. The predicted octanol–water partition coefficient (Wildman–Crippen LogP) is -1.26. The van der Waals surface area contributed by atoms with Gasteiger partial charge in [-0.3, -0.25) is 96.5 Å². The van der Waals surface area contributed by atoms with E-state index in [2.05, 4.69) is 68.5 Å². The molecule has 0 spiro atoms. The predicted molar refractivity (Wildman–Crippen MR) is 502 cm³/mol. The zero-order valence-electron chi connectivity index (χ0n) is 76.0. The first-order valence-electron chi connectivity index (χ1n) is 44.6. The Morgan fingerprint density at radius 1 is 0.493 bits per heavy atom. The zero-order valence-corrected chi connectivity index (χ0v) is 78.4. The number of carboxylic acids is 2. The number of amides is 15. The molecule has 0 unspecified atom stereocenters. The topological polar surface area (TPSA) is 618 Å². The highest BCUT2D eigenvalue weighted by Gasteiger charge is 2.43. The van der Waals surface area contributed by atoms with Crippen LogP contribution in [0.5, 0.6) is 0 Å². The summed E-state index contributed by atoms with van der Waals surface area (Å²) >= 11 is 2.62. The van der Waals surface area contributed by atoms with Gasteiger partial charge in [-0.25, -0.2) is 0 Å². The second-order valence-electron chi connectivity index (χ2n) is 34.6. The highest BCUT2D eigenvalue weighted by atomic mass is 32.2. The van der Waals surface area contributed by atoms with Crippen LogP contribution in [-0.2, 0) is 134 Å². The molecule has 728 valence electrons. The van der Waals surface area contributed by atoms with Crippen LogP contribution in [-0.4, -0.2) is 293 Å². The summed E-state index contributed by atoms with van der Waals surface area (Å²) in [5, 5.41) is 62.3. The van der Waals surface area contributed by atoms with Gasteiger partial charge < -0.3 is 115 Å². The van der Waals surface area contributed by atoms with Crippen molar-refractivity contribution in [2.75, 3.05) is 54.2 Å². The van der Waals surface area contributed by atoms with Gasteiger partial charge in [-0.2, -0.15) is 0 Å². The number of nitrogens with two attached hydrogens (primary N) is 2. The maximum Gasteiger partial charge on any atom is 0.305 e. The van der Waals surface area contributed by atoms with E-state index in [0.29, 0.717) is 67.8 Å². The van der Waals surface area contributed by atoms with E-state index in [4.69, 9.17) is 26.4 Å². The normalized spacial score (nSPS) is 23.7.